The minimum Gasteiger partial charge on any atom is -0.335 e. The Labute approximate surface area is 146 Å². The molecule has 0 aliphatic carbocycles. The number of rotatable bonds is 4. The Kier molecular flexibility index (Phi) is 4.65. The van der Waals surface area contributed by atoms with Gasteiger partial charge in [0.1, 0.15) is 11.5 Å². The van der Waals surface area contributed by atoms with Crippen LogP contribution in [-0.4, -0.2) is 27.6 Å². The molecular weight excluding hydrogens is 317 g/mol. The Morgan fingerprint density at radius 2 is 1.76 bits per heavy atom. The van der Waals surface area contributed by atoms with Crippen LogP contribution in [-0.2, 0) is 0 Å². The summed E-state index contributed by atoms with van der Waals surface area (Å²) >= 11 is 0. The lowest BCUT2D eigenvalue weighted by atomic mass is 10.1. The van der Waals surface area contributed by atoms with Crippen LogP contribution < -0.4 is 0 Å². The van der Waals surface area contributed by atoms with Gasteiger partial charge in [-0.15, -0.1) is 0 Å². The summed E-state index contributed by atoms with van der Waals surface area (Å²) in [5.41, 5.74) is 2.46. The fourth-order valence-electron chi connectivity index (χ4n) is 2.81. The maximum Gasteiger partial charge on any atom is 0.257 e. The van der Waals surface area contributed by atoms with Crippen molar-refractivity contribution in [2.24, 2.45) is 0 Å². The zero-order valence-electron chi connectivity index (χ0n) is 14.5. The van der Waals surface area contributed by atoms with Crippen molar-refractivity contribution in [2.45, 2.75) is 19.9 Å². The lowest BCUT2D eigenvalue weighted by Gasteiger charge is -2.25. The topological polar surface area (TPSA) is 38.1 Å². The van der Waals surface area contributed by atoms with Crippen molar-refractivity contribution in [1.82, 2.24) is 14.7 Å². The first kappa shape index (κ1) is 16.9. The van der Waals surface area contributed by atoms with Crippen molar-refractivity contribution in [3.8, 4) is 5.69 Å². The van der Waals surface area contributed by atoms with E-state index in [0.29, 0.717) is 16.9 Å². The maximum atomic E-state index is 14.0. The molecule has 0 spiro atoms. The highest BCUT2D eigenvalue weighted by Gasteiger charge is 2.23. The second-order valence-corrected chi connectivity index (χ2v) is 6.01. The van der Waals surface area contributed by atoms with Gasteiger partial charge in [0.25, 0.3) is 5.91 Å². The third kappa shape index (κ3) is 3.18. The average molecular weight is 337 g/mol. The number of carbonyl (C=O) groups is 1. The molecule has 1 aromatic heterocycles. The van der Waals surface area contributed by atoms with Crippen LogP contribution in [0.2, 0.25) is 0 Å². The monoisotopic (exact) mass is 337 g/mol. The molecule has 0 aliphatic rings. The summed E-state index contributed by atoms with van der Waals surface area (Å²) in [6.07, 6.45) is 1.50. The molecule has 2 aromatic carbocycles. The van der Waals surface area contributed by atoms with E-state index >= 15 is 0 Å². The largest absolute Gasteiger partial charge is 0.335 e. The smallest absolute Gasteiger partial charge is 0.257 e. The Balaban J connectivity index is 1.90. The quantitative estimate of drug-likeness (QED) is 0.717. The summed E-state index contributed by atoms with van der Waals surface area (Å²) in [7, 11) is 1.76. The molecule has 0 aliphatic heterocycles. The Bertz CT molecular complexity index is 889. The van der Waals surface area contributed by atoms with Crippen LogP contribution in [0.15, 0.2) is 60.8 Å². The molecule has 3 aromatic rings. The van der Waals surface area contributed by atoms with Crippen molar-refractivity contribution >= 4 is 5.91 Å². The molecule has 0 N–H and O–H groups in total. The van der Waals surface area contributed by atoms with Crippen LogP contribution >= 0.6 is 0 Å². The van der Waals surface area contributed by atoms with Gasteiger partial charge in [-0.1, -0.05) is 42.5 Å². The molecule has 0 saturated heterocycles. The number of para-hydroxylation sites is 1. The number of halogens is 1. The number of amides is 1. The van der Waals surface area contributed by atoms with Gasteiger partial charge in [-0.05, 0) is 31.5 Å². The van der Waals surface area contributed by atoms with E-state index in [1.54, 1.807) is 37.1 Å². The number of hydrogen-bond acceptors (Lipinski definition) is 2. The minimum atomic E-state index is -0.376. The zero-order chi connectivity index (χ0) is 18.0. The normalized spacial score (nSPS) is 12.0. The highest BCUT2D eigenvalue weighted by Crippen LogP contribution is 2.23. The van der Waals surface area contributed by atoms with Crippen LogP contribution in [0.25, 0.3) is 5.69 Å². The summed E-state index contributed by atoms with van der Waals surface area (Å²) < 4.78 is 15.5. The van der Waals surface area contributed by atoms with Gasteiger partial charge in [0.2, 0.25) is 0 Å². The van der Waals surface area contributed by atoms with Crippen LogP contribution in [0.3, 0.4) is 0 Å². The molecule has 0 saturated carbocycles. The molecule has 1 atom stereocenters. The van der Waals surface area contributed by atoms with Crippen LogP contribution in [0.1, 0.15) is 34.6 Å². The first-order chi connectivity index (χ1) is 12.0. The van der Waals surface area contributed by atoms with E-state index in [-0.39, 0.29) is 17.8 Å². The van der Waals surface area contributed by atoms with Gasteiger partial charge >= 0.3 is 0 Å². The molecule has 1 unspecified atom stereocenters. The Morgan fingerprint density at radius 1 is 1.12 bits per heavy atom. The fraction of sp³-hybridized carbons (Fsp3) is 0.200. The fourth-order valence-corrected chi connectivity index (χ4v) is 2.81. The summed E-state index contributed by atoms with van der Waals surface area (Å²) in [6.45, 7) is 3.75. The predicted molar refractivity (Wildman–Crippen MR) is 95.2 cm³/mol. The van der Waals surface area contributed by atoms with Crippen LogP contribution in [0.4, 0.5) is 4.39 Å². The molecular formula is C20H20FN3O. The summed E-state index contributed by atoms with van der Waals surface area (Å²) in [5, 5.41) is 4.21. The molecule has 1 amide bonds. The van der Waals surface area contributed by atoms with Gasteiger partial charge in [0.05, 0.1) is 23.5 Å². The van der Waals surface area contributed by atoms with Crippen molar-refractivity contribution in [2.75, 3.05) is 7.05 Å². The van der Waals surface area contributed by atoms with Crippen molar-refractivity contribution in [3.05, 3.63) is 83.4 Å². The van der Waals surface area contributed by atoms with Crippen LogP contribution in [0.5, 0.6) is 0 Å². The lowest BCUT2D eigenvalue weighted by molar-refractivity contribution is 0.0742. The molecule has 4 nitrogen and oxygen atoms in total. The van der Waals surface area contributed by atoms with E-state index < -0.39 is 0 Å². The highest BCUT2D eigenvalue weighted by atomic mass is 19.1. The van der Waals surface area contributed by atoms with Crippen molar-refractivity contribution in [1.29, 1.82) is 0 Å². The van der Waals surface area contributed by atoms with E-state index in [1.807, 2.05) is 37.3 Å². The number of hydrogen-bond donors (Lipinski definition) is 0. The van der Waals surface area contributed by atoms with Crippen LogP contribution in [0, 0.1) is 12.7 Å². The Morgan fingerprint density at radius 3 is 2.44 bits per heavy atom. The second kappa shape index (κ2) is 6.89. The minimum absolute atomic E-state index is 0.0788. The molecule has 128 valence electrons. The molecule has 0 radical (unpaired) electrons. The van der Waals surface area contributed by atoms with E-state index in [9.17, 15) is 9.18 Å². The third-order valence-corrected chi connectivity index (χ3v) is 4.50. The average Bonchev–Trinajstić information content (AvgIpc) is 3.02. The lowest BCUT2D eigenvalue weighted by Crippen LogP contribution is -2.30. The second-order valence-electron chi connectivity index (χ2n) is 6.01. The van der Waals surface area contributed by atoms with Crippen molar-refractivity contribution < 1.29 is 9.18 Å². The molecule has 5 heteroatoms. The summed E-state index contributed by atoms with van der Waals surface area (Å²) in [5.74, 6) is -0.518. The predicted octanol–water partition coefficient (Wildman–Crippen LogP) is 4.15. The molecule has 0 fully saturated rings. The molecule has 25 heavy (non-hydrogen) atoms. The van der Waals surface area contributed by atoms with Crippen molar-refractivity contribution in [3.63, 3.8) is 0 Å². The van der Waals surface area contributed by atoms with Gasteiger partial charge in [-0.3, -0.25) is 4.79 Å². The van der Waals surface area contributed by atoms with Gasteiger partial charge in [-0.25, -0.2) is 9.07 Å². The molecule has 3 rings (SSSR count). The molecule has 1 heterocycles. The maximum absolute atomic E-state index is 14.0. The highest BCUT2D eigenvalue weighted by molar-refractivity contribution is 5.95. The summed E-state index contributed by atoms with van der Waals surface area (Å²) in [6, 6.07) is 16.1. The van der Waals surface area contributed by atoms with Gasteiger partial charge in [0.15, 0.2) is 0 Å². The van der Waals surface area contributed by atoms with Gasteiger partial charge in [-0.2, -0.15) is 5.10 Å². The van der Waals surface area contributed by atoms with E-state index in [4.69, 9.17) is 0 Å². The third-order valence-electron chi connectivity index (χ3n) is 4.50. The number of aromatic nitrogens is 2. The van der Waals surface area contributed by atoms with E-state index in [1.165, 1.54) is 16.9 Å². The zero-order valence-corrected chi connectivity index (χ0v) is 14.5. The van der Waals surface area contributed by atoms with Gasteiger partial charge in [0, 0.05) is 7.05 Å². The first-order valence-corrected chi connectivity index (χ1v) is 8.12. The first-order valence-electron chi connectivity index (χ1n) is 8.12. The molecule has 0 bridgehead atoms. The number of benzene rings is 2. The Hall–Kier alpha value is -2.95. The standard InChI is InChI=1S/C20H20FN3O/c1-14(16-9-5-4-6-10-16)23(3)20(25)17-13-22-24(15(17)2)19-12-8-7-11-18(19)21/h4-14H,1-3H3. The number of nitrogens with zero attached hydrogens (tertiary/aromatic N) is 3. The number of carbonyl (C=O) groups excluding carboxylic acids is 1. The van der Waals surface area contributed by atoms with E-state index in [0.717, 1.165) is 5.56 Å². The van der Waals surface area contributed by atoms with Gasteiger partial charge < -0.3 is 4.90 Å². The summed E-state index contributed by atoms with van der Waals surface area (Å²) in [4.78, 5) is 14.6. The van der Waals surface area contributed by atoms with E-state index in [2.05, 4.69) is 5.10 Å². The SMILES string of the molecule is Cc1c(C(=O)N(C)C(C)c2ccccc2)cnn1-c1ccccc1F.